The molecule has 2 atom stereocenters. The summed E-state index contributed by atoms with van der Waals surface area (Å²) in [5, 5.41) is 3.66. The van der Waals surface area contributed by atoms with Crippen molar-refractivity contribution in [1.82, 2.24) is 20.0 Å². The minimum absolute atomic E-state index is 0.250. The van der Waals surface area contributed by atoms with Gasteiger partial charge in [0.15, 0.2) is 0 Å². The van der Waals surface area contributed by atoms with Gasteiger partial charge in [-0.05, 0) is 60.3 Å². The van der Waals surface area contributed by atoms with Crippen molar-refractivity contribution in [1.29, 1.82) is 0 Å². The first kappa shape index (κ1) is 16.2. The van der Waals surface area contributed by atoms with Gasteiger partial charge in [0, 0.05) is 44.3 Å². The molecule has 2 heterocycles. The zero-order valence-electron chi connectivity index (χ0n) is 14.2. The van der Waals surface area contributed by atoms with Crippen LogP contribution in [0.15, 0.2) is 0 Å². The normalized spacial score (nSPS) is 31.1. The van der Waals surface area contributed by atoms with Crippen molar-refractivity contribution < 1.29 is 0 Å². The zero-order chi connectivity index (χ0) is 14.8. The van der Waals surface area contributed by atoms with Gasteiger partial charge in [-0.1, -0.05) is 0 Å². The lowest BCUT2D eigenvalue weighted by atomic mass is 10.1. The van der Waals surface area contributed by atoms with Gasteiger partial charge < -0.3 is 15.1 Å². The van der Waals surface area contributed by atoms with Crippen LogP contribution in [0.25, 0.3) is 0 Å². The number of rotatable bonds is 4. The van der Waals surface area contributed by atoms with E-state index in [0.29, 0.717) is 6.04 Å². The maximum atomic E-state index is 3.66. The fourth-order valence-electron chi connectivity index (χ4n) is 3.29. The van der Waals surface area contributed by atoms with Crippen LogP contribution in [0.1, 0.15) is 27.2 Å². The summed E-state index contributed by atoms with van der Waals surface area (Å²) in [5.41, 5.74) is 0.250. The highest BCUT2D eigenvalue weighted by atomic mass is 15.3. The molecule has 0 amide bonds. The molecular weight excluding hydrogens is 248 g/mol. The average Bonchev–Trinajstić information content (AvgIpc) is 2.78. The fraction of sp³-hybridized carbons (Fsp3) is 1.00. The molecule has 0 spiro atoms. The third-order valence-electron chi connectivity index (χ3n) is 4.74. The van der Waals surface area contributed by atoms with Gasteiger partial charge in [0.05, 0.1) is 0 Å². The highest BCUT2D eigenvalue weighted by molar-refractivity contribution is 4.86. The van der Waals surface area contributed by atoms with E-state index in [1.807, 2.05) is 0 Å². The summed E-state index contributed by atoms with van der Waals surface area (Å²) in [6, 6.07) is 0.711. The van der Waals surface area contributed by atoms with E-state index < -0.39 is 0 Å². The number of hydrogen-bond acceptors (Lipinski definition) is 4. The molecule has 20 heavy (non-hydrogen) atoms. The topological polar surface area (TPSA) is 21.8 Å². The van der Waals surface area contributed by atoms with Crippen LogP contribution in [0, 0.1) is 5.92 Å². The highest BCUT2D eigenvalue weighted by Crippen LogP contribution is 2.18. The van der Waals surface area contributed by atoms with Crippen molar-refractivity contribution >= 4 is 0 Å². The van der Waals surface area contributed by atoms with E-state index in [-0.39, 0.29) is 5.54 Å². The maximum absolute atomic E-state index is 3.66. The van der Waals surface area contributed by atoms with E-state index in [9.17, 15) is 0 Å². The van der Waals surface area contributed by atoms with Crippen LogP contribution in [0.3, 0.4) is 0 Å². The monoisotopic (exact) mass is 282 g/mol. The summed E-state index contributed by atoms with van der Waals surface area (Å²) < 4.78 is 0. The van der Waals surface area contributed by atoms with Crippen molar-refractivity contribution in [2.45, 2.75) is 38.8 Å². The molecule has 2 fully saturated rings. The zero-order valence-corrected chi connectivity index (χ0v) is 14.2. The molecule has 0 aromatic carbocycles. The molecule has 2 saturated heterocycles. The van der Waals surface area contributed by atoms with Gasteiger partial charge >= 0.3 is 0 Å². The Hall–Kier alpha value is -0.160. The van der Waals surface area contributed by atoms with E-state index >= 15 is 0 Å². The average molecular weight is 282 g/mol. The Morgan fingerprint density at radius 1 is 1.05 bits per heavy atom. The maximum Gasteiger partial charge on any atom is 0.0347 e. The first-order chi connectivity index (χ1) is 9.33. The van der Waals surface area contributed by atoms with E-state index in [2.05, 4.69) is 54.9 Å². The molecule has 0 aromatic rings. The summed E-state index contributed by atoms with van der Waals surface area (Å²) in [6.07, 6.45) is 1.36. The van der Waals surface area contributed by atoms with Gasteiger partial charge in [0.2, 0.25) is 0 Å². The second-order valence-electron chi connectivity index (χ2n) is 7.94. The Kier molecular flexibility index (Phi) is 5.46. The number of hydrogen-bond donors (Lipinski definition) is 1. The van der Waals surface area contributed by atoms with Crippen LogP contribution >= 0.6 is 0 Å². The third-order valence-corrected chi connectivity index (χ3v) is 4.74. The van der Waals surface area contributed by atoms with Gasteiger partial charge in [-0.15, -0.1) is 0 Å². The van der Waals surface area contributed by atoms with Gasteiger partial charge in [-0.3, -0.25) is 4.90 Å². The van der Waals surface area contributed by atoms with Crippen molar-refractivity contribution in [3.63, 3.8) is 0 Å². The van der Waals surface area contributed by atoms with Crippen LogP contribution < -0.4 is 5.32 Å². The second kappa shape index (κ2) is 6.73. The Morgan fingerprint density at radius 3 is 2.50 bits per heavy atom. The number of likely N-dealkylation sites (tertiary alicyclic amines) is 1. The molecule has 0 bridgehead atoms. The third kappa shape index (κ3) is 4.99. The number of nitrogens with one attached hydrogen (secondary N) is 1. The predicted molar refractivity (Wildman–Crippen MR) is 86.2 cm³/mol. The molecule has 118 valence electrons. The molecule has 4 heteroatoms. The molecule has 2 unspecified atom stereocenters. The number of piperazine rings is 1. The molecule has 2 rings (SSSR count). The summed E-state index contributed by atoms with van der Waals surface area (Å²) in [5.74, 6) is 0.834. The van der Waals surface area contributed by atoms with Crippen molar-refractivity contribution in [3.8, 4) is 0 Å². The molecular formula is C16H34N4. The van der Waals surface area contributed by atoms with Crippen LogP contribution in [-0.4, -0.2) is 86.2 Å². The summed E-state index contributed by atoms with van der Waals surface area (Å²) in [4.78, 5) is 7.69. The highest BCUT2D eigenvalue weighted by Gasteiger charge is 2.29. The van der Waals surface area contributed by atoms with Gasteiger partial charge in [0.25, 0.3) is 0 Å². The first-order valence-corrected chi connectivity index (χ1v) is 8.19. The predicted octanol–water partition coefficient (Wildman–Crippen LogP) is 0.942. The lowest BCUT2D eigenvalue weighted by molar-refractivity contribution is 0.0879. The van der Waals surface area contributed by atoms with Crippen LogP contribution in [0.5, 0.6) is 0 Å². The molecule has 2 aliphatic heterocycles. The lowest BCUT2D eigenvalue weighted by Gasteiger charge is -2.39. The van der Waals surface area contributed by atoms with Crippen LogP contribution in [0.2, 0.25) is 0 Å². The molecule has 4 nitrogen and oxygen atoms in total. The standard InChI is InChI=1S/C16H34N4/c1-16(2,3)17-10-14-6-7-20(11-14)13-15-12-18(4)8-9-19(15)5/h14-15,17H,6-13H2,1-5H3. The van der Waals surface area contributed by atoms with Gasteiger partial charge in [0.1, 0.15) is 0 Å². The molecule has 0 aliphatic carbocycles. The number of likely N-dealkylation sites (N-methyl/N-ethyl adjacent to an activating group) is 2. The lowest BCUT2D eigenvalue weighted by Crippen LogP contribution is -2.54. The molecule has 2 aliphatic rings. The Bertz CT molecular complexity index is 299. The molecule has 1 N–H and O–H groups in total. The van der Waals surface area contributed by atoms with Crippen molar-refractivity contribution in [3.05, 3.63) is 0 Å². The Balaban J connectivity index is 1.72. The Morgan fingerprint density at radius 2 is 1.80 bits per heavy atom. The first-order valence-electron chi connectivity index (χ1n) is 8.19. The second-order valence-corrected chi connectivity index (χ2v) is 7.94. The molecule has 0 radical (unpaired) electrons. The summed E-state index contributed by atoms with van der Waals surface area (Å²) in [7, 11) is 4.53. The minimum Gasteiger partial charge on any atom is -0.312 e. The minimum atomic E-state index is 0.250. The van der Waals surface area contributed by atoms with Gasteiger partial charge in [-0.25, -0.2) is 0 Å². The summed E-state index contributed by atoms with van der Waals surface area (Å²) >= 11 is 0. The SMILES string of the molecule is CN1CCN(C)C(CN2CCC(CNC(C)(C)C)C2)C1. The van der Waals surface area contributed by atoms with Crippen molar-refractivity contribution in [2.75, 3.05) is 59.9 Å². The fourth-order valence-corrected chi connectivity index (χ4v) is 3.29. The quantitative estimate of drug-likeness (QED) is 0.828. The molecule has 0 saturated carbocycles. The Labute approximate surface area is 125 Å². The largest absolute Gasteiger partial charge is 0.312 e. The molecule has 0 aromatic heterocycles. The van der Waals surface area contributed by atoms with E-state index in [1.54, 1.807) is 0 Å². The van der Waals surface area contributed by atoms with Gasteiger partial charge in [-0.2, -0.15) is 0 Å². The van der Waals surface area contributed by atoms with Crippen molar-refractivity contribution in [2.24, 2.45) is 5.92 Å². The van der Waals surface area contributed by atoms with E-state index in [0.717, 1.165) is 5.92 Å². The summed E-state index contributed by atoms with van der Waals surface area (Å²) in [6.45, 7) is 15.4. The van der Waals surface area contributed by atoms with Crippen LogP contribution in [0.4, 0.5) is 0 Å². The number of nitrogens with zero attached hydrogens (tertiary/aromatic N) is 3. The van der Waals surface area contributed by atoms with E-state index in [4.69, 9.17) is 0 Å². The smallest absolute Gasteiger partial charge is 0.0347 e. The van der Waals surface area contributed by atoms with E-state index in [1.165, 1.54) is 52.2 Å². The van der Waals surface area contributed by atoms with Crippen LogP contribution in [-0.2, 0) is 0 Å².